The van der Waals surface area contributed by atoms with E-state index < -0.39 is 0 Å². The Labute approximate surface area is 112 Å². The van der Waals surface area contributed by atoms with Crippen LogP contribution in [-0.2, 0) is 0 Å². The van der Waals surface area contributed by atoms with Crippen LogP contribution in [0, 0.1) is 5.41 Å². The first kappa shape index (κ1) is 13.7. The summed E-state index contributed by atoms with van der Waals surface area (Å²) >= 11 is 4.62. The lowest BCUT2D eigenvalue weighted by atomic mass is 9.87. The van der Waals surface area contributed by atoms with Crippen molar-refractivity contribution in [3.05, 3.63) is 0 Å². The number of thiol groups is 1. The van der Waals surface area contributed by atoms with Gasteiger partial charge in [0.1, 0.15) is 0 Å². The van der Waals surface area contributed by atoms with Crippen LogP contribution in [0.15, 0.2) is 0 Å². The van der Waals surface area contributed by atoms with Gasteiger partial charge in [0, 0.05) is 12.6 Å². The van der Waals surface area contributed by atoms with Crippen molar-refractivity contribution in [1.29, 1.82) is 0 Å². The quantitative estimate of drug-likeness (QED) is 0.772. The van der Waals surface area contributed by atoms with E-state index in [1.54, 1.807) is 0 Å². The van der Waals surface area contributed by atoms with Crippen LogP contribution in [0.3, 0.4) is 0 Å². The Morgan fingerprint density at radius 3 is 2.35 bits per heavy atom. The van der Waals surface area contributed by atoms with E-state index in [-0.39, 0.29) is 0 Å². The first-order valence-electron chi connectivity index (χ1n) is 7.15. The van der Waals surface area contributed by atoms with Crippen LogP contribution < -0.4 is 0 Å². The average molecular weight is 256 g/mol. The molecule has 0 radical (unpaired) electrons. The molecule has 1 saturated heterocycles. The van der Waals surface area contributed by atoms with E-state index in [2.05, 4.69) is 36.5 Å². The van der Waals surface area contributed by atoms with Crippen molar-refractivity contribution in [3.8, 4) is 0 Å². The molecule has 0 aromatic heterocycles. The third kappa shape index (κ3) is 3.39. The second-order valence-electron chi connectivity index (χ2n) is 6.31. The third-order valence-corrected chi connectivity index (χ3v) is 5.57. The van der Waals surface area contributed by atoms with Gasteiger partial charge in [0.25, 0.3) is 0 Å². The zero-order valence-corrected chi connectivity index (χ0v) is 12.4. The van der Waals surface area contributed by atoms with Crippen molar-refractivity contribution in [2.45, 2.75) is 44.6 Å². The topological polar surface area (TPSA) is 6.48 Å². The highest BCUT2D eigenvalue weighted by Crippen LogP contribution is 2.40. The fourth-order valence-electron chi connectivity index (χ4n) is 3.59. The number of hydrogen-bond acceptors (Lipinski definition) is 3. The molecule has 2 rings (SSSR count). The maximum atomic E-state index is 4.62. The molecule has 0 aromatic rings. The number of nitrogens with zero attached hydrogens (tertiary/aromatic N) is 2. The zero-order chi connectivity index (χ0) is 12.3. The fourth-order valence-corrected chi connectivity index (χ4v) is 4.00. The molecule has 0 aromatic carbocycles. The summed E-state index contributed by atoms with van der Waals surface area (Å²) in [6, 6.07) is 0.809. The minimum absolute atomic E-state index is 0.529. The smallest absolute Gasteiger partial charge is 0.0117 e. The number of hydrogen-bond donors (Lipinski definition) is 1. The van der Waals surface area contributed by atoms with Crippen molar-refractivity contribution in [1.82, 2.24) is 9.80 Å². The number of piperidine rings is 1. The number of likely N-dealkylation sites (tertiary alicyclic amines) is 1. The lowest BCUT2D eigenvalue weighted by Crippen LogP contribution is -2.46. The van der Waals surface area contributed by atoms with Gasteiger partial charge in [-0.15, -0.1) is 0 Å². The molecule has 1 aliphatic heterocycles. The third-order valence-electron chi connectivity index (χ3n) is 4.90. The van der Waals surface area contributed by atoms with E-state index in [1.165, 1.54) is 58.2 Å². The molecule has 1 saturated carbocycles. The summed E-state index contributed by atoms with van der Waals surface area (Å²) in [6.45, 7) is 3.80. The summed E-state index contributed by atoms with van der Waals surface area (Å²) in [6.07, 6.45) is 8.32. The Hall–Kier alpha value is 0.270. The Kier molecular flexibility index (Phi) is 4.79. The molecule has 3 heteroatoms. The van der Waals surface area contributed by atoms with Crippen LogP contribution in [0.25, 0.3) is 0 Å². The minimum Gasteiger partial charge on any atom is -0.306 e. The largest absolute Gasteiger partial charge is 0.306 e. The van der Waals surface area contributed by atoms with Gasteiger partial charge in [-0.2, -0.15) is 12.6 Å². The monoisotopic (exact) mass is 256 g/mol. The summed E-state index contributed by atoms with van der Waals surface area (Å²) < 4.78 is 0. The van der Waals surface area contributed by atoms with E-state index in [0.29, 0.717) is 5.41 Å². The zero-order valence-electron chi connectivity index (χ0n) is 11.5. The summed E-state index contributed by atoms with van der Waals surface area (Å²) in [5.41, 5.74) is 0.529. The molecule has 0 N–H and O–H groups in total. The predicted molar refractivity (Wildman–Crippen MR) is 77.9 cm³/mol. The highest BCUT2D eigenvalue weighted by Gasteiger charge is 2.35. The van der Waals surface area contributed by atoms with Gasteiger partial charge >= 0.3 is 0 Å². The average Bonchev–Trinajstić information content (AvgIpc) is 2.79. The predicted octanol–water partition coefficient (Wildman–Crippen LogP) is 2.50. The molecule has 0 spiro atoms. The van der Waals surface area contributed by atoms with Gasteiger partial charge in [-0.3, -0.25) is 0 Å². The van der Waals surface area contributed by atoms with E-state index in [1.807, 2.05) is 0 Å². The SMILES string of the molecule is CN1CCC(N(C)CC2(CS)CCCC2)CC1. The normalized spacial score (nSPS) is 26.8. The van der Waals surface area contributed by atoms with Gasteiger partial charge in [0.05, 0.1) is 0 Å². The molecule has 2 fully saturated rings. The lowest BCUT2D eigenvalue weighted by Gasteiger charge is -2.40. The van der Waals surface area contributed by atoms with Gasteiger partial charge in [0.2, 0.25) is 0 Å². The van der Waals surface area contributed by atoms with Crippen LogP contribution in [0.1, 0.15) is 38.5 Å². The Morgan fingerprint density at radius 1 is 1.24 bits per heavy atom. The summed E-state index contributed by atoms with van der Waals surface area (Å²) in [5.74, 6) is 1.07. The van der Waals surface area contributed by atoms with Crippen LogP contribution in [0.5, 0.6) is 0 Å². The van der Waals surface area contributed by atoms with Gasteiger partial charge in [-0.05, 0) is 64.0 Å². The maximum absolute atomic E-state index is 4.62. The van der Waals surface area contributed by atoms with Gasteiger partial charge < -0.3 is 9.80 Å². The summed E-state index contributed by atoms with van der Waals surface area (Å²) in [5, 5.41) is 0. The van der Waals surface area contributed by atoms with Gasteiger partial charge in [-0.25, -0.2) is 0 Å². The van der Waals surface area contributed by atoms with E-state index in [4.69, 9.17) is 0 Å². The molecule has 1 aliphatic carbocycles. The Morgan fingerprint density at radius 2 is 1.82 bits per heavy atom. The van der Waals surface area contributed by atoms with Crippen molar-refractivity contribution in [2.24, 2.45) is 5.41 Å². The Balaban J connectivity index is 1.85. The van der Waals surface area contributed by atoms with Crippen molar-refractivity contribution < 1.29 is 0 Å². The highest BCUT2D eigenvalue weighted by molar-refractivity contribution is 7.80. The first-order chi connectivity index (χ1) is 8.15. The van der Waals surface area contributed by atoms with Crippen LogP contribution in [0.4, 0.5) is 0 Å². The van der Waals surface area contributed by atoms with Gasteiger partial charge in [-0.1, -0.05) is 12.8 Å². The lowest BCUT2D eigenvalue weighted by molar-refractivity contribution is 0.104. The molecule has 17 heavy (non-hydrogen) atoms. The summed E-state index contributed by atoms with van der Waals surface area (Å²) in [7, 11) is 4.57. The minimum atomic E-state index is 0.529. The molecule has 0 amide bonds. The van der Waals surface area contributed by atoms with Crippen LogP contribution in [0.2, 0.25) is 0 Å². The van der Waals surface area contributed by atoms with Crippen molar-refractivity contribution >= 4 is 12.6 Å². The molecule has 0 atom stereocenters. The van der Waals surface area contributed by atoms with Gasteiger partial charge in [0.15, 0.2) is 0 Å². The molecule has 0 bridgehead atoms. The Bertz CT molecular complexity index is 230. The molecule has 0 unspecified atom stereocenters. The van der Waals surface area contributed by atoms with Crippen LogP contribution >= 0.6 is 12.6 Å². The second-order valence-corrected chi connectivity index (χ2v) is 6.63. The second kappa shape index (κ2) is 5.94. The molecule has 100 valence electrons. The van der Waals surface area contributed by atoms with E-state index in [9.17, 15) is 0 Å². The molecule has 1 heterocycles. The molecule has 2 aliphatic rings. The van der Waals surface area contributed by atoms with E-state index >= 15 is 0 Å². The first-order valence-corrected chi connectivity index (χ1v) is 7.78. The molecular weight excluding hydrogens is 228 g/mol. The summed E-state index contributed by atoms with van der Waals surface area (Å²) in [4.78, 5) is 5.09. The molecule has 2 nitrogen and oxygen atoms in total. The van der Waals surface area contributed by atoms with Crippen molar-refractivity contribution in [2.75, 3.05) is 39.5 Å². The van der Waals surface area contributed by atoms with E-state index in [0.717, 1.165) is 11.8 Å². The maximum Gasteiger partial charge on any atom is 0.0117 e. The van der Waals surface area contributed by atoms with Crippen molar-refractivity contribution in [3.63, 3.8) is 0 Å². The highest BCUT2D eigenvalue weighted by atomic mass is 32.1. The fraction of sp³-hybridized carbons (Fsp3) is 1.00. The molecular formula is C14H28N2S. The number of rotatable bonds is 4. The standard InChI is InChI=1S/C14H28N2S/c1-15-9-5-13(6-10-15)16(2)11-14(12-17)7-3-4-8-14/h13,17H,3-12H2,1-2H3. The van der Waals surface area contributed by atoms with Crippen LogP contribution in [-0.4, -0.2) is 55.3 Å².